The van der Waals surface area contributed by atoms with Crippen LogP contribution in [0.2, 0.25) is 0 Å². The number of alkyl halides is 3. The molecule has 1 saturated heterocycles. The molecule has 0 aromatic heterocycles. The molecule has 0 radical (unpaired) electrons. The number of halogens is 3. The van der Waals surface area contributed by atoms with Gasteiger partial charge in [-0.15, -0.1) is 0 Å². The maximum atomic E-state index is 12.7. The van der Waals surface area contributed by atoms with Crippen molar-refractivity contribution >= 4 is 17.5 Å². The topological polar surface area (TPSA) is 37.4 Å². The molecule has 1 aromatic rings. The van der Waals surface area contributed by atoms with E-state index in [0.717, 1.165) is 17.0 Å². The smallest absolute Gasteiger partial charge is 0.274 e. The molecule has 2 rings (SSSR count). The summed E-state index contributed by atoms with van der Waals surface area (Å²) >= 11 is 0. The highest BCUT2D eigenvalue weighted by atomic mass is 19.4. The van der Waals surface area contributed by atoms with Crippen molar-refractivity contribution < 1.29 is 22.8 Å². The van der Waals surface area contributed by atoms with Crippen LogP contribution in [-0.2, 0) is 15.8 Å². The minimum Gasteiger partial charge on any atom is -0.274 e. The molecule has 6 heteroatoms. The summed E-state index contributed by atoms with van der Waals surface area (Å²) in [5.41, 5.74) is -0.703. The molecular formula is C15H12F3NO2. The van der Waals surface area contributed by atoms with Gasteiger partial charge in [0.25, 0.3) is 5.91 Å². The summed E-state index contributed by atoms with van der Waals surface area (Å²) in [4.78, 5) is 24.8. The number of rotatable bonds is 2. The normalized spacial score (nSPS) is 18.3. The van der Waals surface area contributed by atoms with Gasteiger partial charge in [0.1, 0.15) is 0 Å². The number of amides is 2. The van der Waals surface area contributed by atoms with Crippen molar-refractivity contribution in [3.8, 4) is 0 Å². The molecule has 1 aromatic carbocycles. The molecule has 1 aliphatic rings. The van der Waals surface area contributed by atoms with Crippen LogP contribution in [0.15, 0.2) is 48.1 Å². The van der Waals surface area contributed by atoms with Crippen molar-refractivity contribution in [1.29, 1.82) is 0 Å². The SMILES string of the molecule is CC=CC=C1CC(=O)N(c2cccc(C(F)(F)F)c2)C1=O. The van der Waals surface area contributed by atoms with Gasteiger partial charge in [-0.2, -0.15) is 13.2 Å². The number of carbonyl (C=O) groups is 2. The molecule has 1 heterocycles. The molecule has 0 aliphatic carbocycles. The first-order chi connectivity index (χ1) is 9.84. The predicted octanol–water partition coefficient (Wildman–Crippen LogP) is 3.47. The van der Waals surface area contributed by atoms with Gasteiger partial charge in [0.05, 0.1) is 17.7 Å². The lowest BCUT2D eigenvalue weighted by Crippen LogP contribution is -2.29. The molecule has 0 saturated carbocycles. The predicted molar refractivity (Wildman–Crippen MR) is 71.5 cm³/mol. The first-order valence-corrected chi connectivity index (χ1v) is 6.21. The molecule has 0 unspecified atom stereocenters. The fourth-order valence-corrected chi connectivity index (χ4v) is 2.00. The molecule has 0 bridgehead atoms. The number of hydrogen-bond donors (Lipinski definition) is 0. The maximum Gasteiger partial charge on any atom is 0.416 e. The highest BCUT2D eigenvalue weighted by Crippen LogP contribution is 2.33. The van der Waals surface area contributed by atoms with Gasteiger partial charge in [-0.3, -0.25) is 9.59 Å². The Kier molecular flexibility index (Phi) is 3.97. The van der Waals surface area contributed by atoms with E-state index in [-0.39, 0.29) is 17.7 Å². The zero-order chi connectivity index (χ0) is 15.6. The van der Waals surface area contributed by atoms with Crippen molar-refractivity contribution in [1.82, 2.24) is 0 Å². The molecular weight excluding hydrogens is 283 g/mol. The Balaban J connectivity index is 2.39. The molecule has 1 aliphatic heterocycles. The second-order valence-electron chi connectivity index (χ2n) is 4.48. The summed E-state index contributed by atoms with van der Waals surface area (Å²) < 4.78 is 38.1. The number of imide groups is 1. The Morgan fingerprint density at radius 1 is 1.24 bits per heavy atom. The summed E-state index contributed by atoms with van der Waals surface area (Å²) in [5, 5.41) is 0. The van der Waals surface area contributed by atoms with Crippen molar-refractivity contribution in [2.75, 3.05) is 4.90 Å². The van der Waals surface area contributed by atoms with E-state index in [9.17, 15) is 22.8 Å². The Morgan fingerprint density at radius 2 is 1.95 bits per heavy atom. The number of anilines is 1. The fourth-order valence-electron chi connectivity index (χ4n) is 2.00. The van der Waals surface area contributed by atoms with Crippen molar-refractivity contribution in [3.05, 3.63) is 53.6 Å². The third-order valence-electron chi connectivity index (χ3n) is 2.99. The van der Waals surface area contributed by atoms with Crippen LogP contribution in [0.3, 0.4) is 0 Å². The van der Waals surface area contributed by atoms with Gasteiger partial charge in [-0.25, -0.2) is 4.90 Å². The average Bonchev–Trinajstić information content (AvgIpc) is 2.70. The van der Waals surface area contributed by atoms with Crippen LogP contribution in [-0.4, -0.2) is 11.8 Å². The van der Waals surface area contributed by atoms with Crippen LogP contribution < -0.4 is 4.90 Å². The summed E-state index contributed by atoms with van der Waals surface area (Å²) in [6.45, 7) is 1.75. The third-order valence-corrected chi connectivity index (χ3v) is 2.99. The molecule has 1 fully saturated rings. The van der Waals surface area contributed by atoms with E-state index < -0.39 is 23.6 Å². The van der Waals surface area contributed by atoms with E-state index in [1.165, 1.54) is 18.2 Å². The van der Waals surface area contributed by atoms with Gasteiger partial charge >= 0.3 is 6.18 Å². The second kappa shape index (κ2) is 5.55. The van der Waals surface area contributed by atoms with Crippen molar-refractivity contribution in [2.45, 2.75) is 19.5 Å². The lowest BCUT2D eigenvalue weighted by molar-refractivity contribution is -0.137. The second-order valence-corrected chi connectivity index (χ2v) is 4.48. The summed E-state index contributed by atoms with van der Waals surface area (Å²) in [7, 11) is 0. The summed E-state index contributed by atoms with van der Waals surface area (Å²) in [6, 6.07) is 4.18. The quantitative estimate of drug-likeness (QED) is 0.619. The zero-order valence-corrected chi connectivity index (χ0v) is 11.1. The Bertz CT molecular complexity index is 645. The lowest BCUT2D eigenvalue weighted by atomic mass is 10.2. The van der Waals surface area contributed by atoms with Gasteiger partial charge in [0.15, 0.2) is 0 Å². The number of carbonyl (C=O) groups excluding carboxylic acids is 2. The van der Waals surface area contributed by atoms with Gasteiger partial charge in [0.2, 0.25) is 5.91 Å². The van der Waals surface area contributed by atoms with Gasteiger partial charge in [-0.05, 0) is 25.1 Å². The van der Waals surface area contributed by atoms with Crippen LogP contribution >= 0.6 is 0 Å². The maximum absolute atomic E-state index is 12.7. The van der Waals surface area contributed by atoms with Gasteiger partial charge < -0.3 is 0 Å². The van der Waals surface area contributed by atoms with Crippen LogP contribution in [0.4, 0.5) is 18.9 Å². The molecule has 0 N–H and O–H groups in total. The molecule has 2 amide bonds. The van der Waals surface area contributed by atoms with Crippen LogP contribution in [0.1, 0.15) is 18.9 Å². The molecule has 0 spiro atoms. The average molecular weight is 295 g/mol. The van der Waals surface area contributed by atoms with Gasteiger partial charge in [-0.1, -0.05) is 24.3 Å². The fraction of sp³-hybridized carbons (Fsp3) is 0.200. The first-order valence-electron chi connectivity index (χ1n) is 6.21. The molecule has 0 atom stereocenters. The minimum atomic E-state index is -4.52. The van der Waals surface area contributed by atoms with E-state index in [0.29, 0.717) is 0 Å². The van der Waals surface area contributed by atoms with E-state index in [1.807, 2.05) is 0 Å². The molecule has 3 nitrogen and oxygen atoms in total. The number of hydrogen-bond acceptors (Lipinski definition) is 2. The minimum absolute atomic E-state index is 0.0660. The third kappa shape index (κ3) is 3.04. The molecule has 110 valence electrons. The van der Waals surface area contributed by atoms with Crippen LogP contribution in [0, 0.1) is 0 Å². The van der Waals surface area contributed by atoms with Crippen LogP contribution in [0.25, 0.3) is 0 Å². The first kappa shape index (κ1) is 15.0. The number of benzene rings is 1. The van der Waals surface area contributed by atoms with E-state index >= 15 is 0 Å². The zero-order valence-electron chi connectivity index (χ0n) is 11.1. The van der Waals surface area contributed by atoms with Crippen LogP contribution in [0.5, 0.6) is 0 Å². The Labute approximate surface area is 119 Å². The van der Waals surface area contributed by atoms with Crippen molar-refractivity contribution in [3.63, 3.8) is 0 Å². The Hall–Kier alpha value is -2.37. The van der Waals surface area contributed by atoms with E-state index in [1.54, 1.807) is 19.1 Å². The van der Waals surface area contributed by atoms with E-state index in [2.05, 4.69) is 0 Å². The highest BCUT2D eigenvalue weighted by molar-refractivity contribution is 6.28. The highest BCUT2D eigenvalue weighted by Gasteiger charge is 2.36. The van der Waals surface area contributed by atoms with Gasteiger partial charge in [0, 0.05) is 5.57 Å². The van der Waals surface area contributed by atoms with E-state index in [4.69, 9.17) is 0 Å². The van der Waals surface area contributed by atoms with Crippen molar-refractivity contribution in [2.24, 2.45) is 0 Å². The lowest BCUT2D eigenvalue weighted by Gasteiger charge is -2.15. The number of allylic oxidation sites excluding steroid dienone is 3. The number of nitrogens with zero attached hydrogens (tertiary/aromatic N) is 1. The Morgan fingerprint density at radius 3 is 2.57 bits per heavy atom. The summed E-state index contributed by atoms with van der Waals surface area (Å²) in [6.07, 6.45) is 0.159. The largest absolute Gasteiger partial charge is 0.416 e. The summed E-state index contributed by atoms with van der Waals surface area (Å²) in [5.74, 6) is -1.12. The standard InChI is InChI=1S/C15H12F3NO2/c1-2-3-5-10-8-13(20)19(14(10)21)12-7-4-6-11(9-12)15(16,17)18/h2-7,9H,8H2,1H3. The monoisotopic (exact) mass is 295 g/mol. The molecule has 21 heavy (non-hydrogen) atoms.